The number of alkyl carbamates (subject to hydrolysis) is 1. The van der Waals surface area contributed by atoms with Gasteiger partial charge in [0.1, 0.15) is 11.6 Å². The number of benzene rings is 1. The van der Waals surface area contributed by atoms with Crippen LogP contribution in [0.25, 0.3) is 0 Å². The predicted octanol–water partition coefficient (Wildman–Crippen LogP) is 2.81. The van der Waals surface area contributed by atoms with E-state index >= 15 is 0 Å². The van der Waals surface area contributed by atoms with Crippen LogP contribution in [-0.2, 0) is 20.9 Å². The van der Waals surface area contributed by atoms with E-state index in [0.29, 0.717) is 12.2 Å². The predicted molar refractivity (Wildman–Crippen MR) is 101 cm³/mol. The number of ether oxygens (including phenoxy) is 1. The number of anilines is 1. The summed E-state index contributed by atoms with van der Waals surface area (Å²) < 4.78 is 5.12. The molecule has 1 aromatic rings. The van der Waals surface area contributed by atoms with Crippen LogP contribution in [0.5, 0.6) is 0 Å². The summed E-state index contributed by atoms with van der Waals surface area (Å²) in [6, 6.07) is 6.49. The topological polar surface area (TPSA) is 96.5 Å². The Morgan fingerprint density at radius 1 is 1.00 bits per heavy atom. The summed E-state index contributed by atoms with van der Waals surface area (Å²) in [5, 5.41) is 8.05. The van der Waals surface area contributed by atoms with Crippen molar-refractivity contribution in [3.63, 3.8) is 0 Å². The van der Waals surface area contributed by atoms with Crippen molar-refractivity contribution in [1.29, 1.82) is 0 Å². The molecule has 0 spiro atoms. The van der Waals surface area contributed by atoms with Gasteiger partial charge in [-0.05, 0) is 45.4 Å². The first kappa shape index (κ1) is 21.5. The lowest BCUT2D eigenvalue weighted by molar-refractivity contribution is -0.123. The summed E-state index contributed by atoms with van der Waals surface area (Å²) in [6.07, 6.45) is -0.634. The molecule has 0 saturated heterocycles. The van der Waals surface area contributed by atoms with Crippen molar-refractivity contribution in [2.45, 2.75) is 59.7 Å². The molecule has 0 aliphatic rings. The summed E-state index contributed by atoms with van der Waals surface area (Å²) >= 11 is 0. The lowest BCUT2D eigenvalue weighted by Crippen LogP contribution is -2.46. The van der Waals surface area contributed by atoms with Crippen molar-refractivity contribution in [1.82, 2.24) is 10.6 Å². The molecule has 0 heterocycles. The third kappa shape index (κ3) is 8.00. The van der Waals surface area contributed by atoms with Crippen LogP contribution in [0, 0.1) is 5.92 Å². The Bertz CT molecular complexity index is 633. The van der Waals surface area contributed by atoms with E-state index in [9.17, 15) is 14.4 Å². The molecule has 0 saturated carbocycles. The Hall–Kier alpha value is -2.57. The molecule has 0 bridgehead atoms. The fourth-order valence-corrected chi connectivity index (χ4v) is 1.88. The van der Waals surface area contributed by atoms with Crippen LogP contribution in [-0.4, -0.2) is 29.6 Å². The van der Waals surface area contributed by atoms with Gasteiger partial charge in [0.25, 0.3) is 0 Å². The van der Waals surface area contributed by atoms with Gasteiger partial charge in [-0.25, -0.2) is 4.79 Å². The van der Waals surface area contributed by atoms with E-state index in [-0.39, 0.29) is 17.7 Å². The molecular formula is C19H29N3O4. The first-order valence-corrected chi connectivity index (χ1v) is 8.65. The van der Waals surface area contributed by atoms with Crippen molar-refractivity contribution in [2.75, 3.05) is 5.32 Å². The van der Waals surface area contributed by atoms with Crippen LogP contribution < -0.4 is 16.0 Å². The highest BCUT2D eigenvalue weighted by Crippen LogP contribution is 2.11. The van der Waals surface area contributed by atoms with Crippen LogP contribution in [0.2, 0.25) is 0 Å². The maximum absolute atomic E-state index is 12.1. The Labute approximate surface area is 154 Å². The van der Waals surface area contributed by atoms with Gasteiger partial charge >= 0.3 is 6.09 Å². The number of carbonyl (C=O) groups is 3. The maximum atomic E-state index is 12.1. The van der Waals surface area contributed by atoms with E-state index in [1.807, 2.05) is 26.0 Å². The Morgan fingerprint density at radius 2 is 1.58 bits per heavy atom. The minimum atomic E-state index is -0.713. The van der Waals surface area contributed by atoms with Crippen molar-refractivity contribution < 1.29 is 19.1 Å². The van der Waals surface area contributed by atoms with Crippen LogP contribution in [0.1, 0.15) is 47.1 Å². The number of nitrogens with one attached hydrogen (secondary N) is 3. The number of rotatable bonds is 6. The van der Waals surface area contributed by atoms with E-state index in [2.05, 4.69) is 16.0 Å². The summed E-state index contributed by atoms with van der Waals surface area (Å²) in [5.74, 6) is -0.450. The van der Waals surface area contributed by atoms with Crippen molar-refractivity contribution in [3.05, 3.63) is 29.8 Å². The zero-order valence-electron chi connectivity index (χ0n) is 16.3. The SMILES string of the molecule is CC(C)C(=O)Nc1ccc(CNC(=O)C(C)NC(=O)OC(C)(C)C)cc1. The van der Waals surface area contributed by atoms with Gasteiger partial charge in [0.15, 0.2) is 0 Å². The lowest BCUT2D eigenvalue weighted by Gasteiger charge is -2.21. The van der Waals surface area contributed by atoms with Crippen LogP contribution >= 0.6 is 0 Å². The van der Waals surface area contributed by atoms with Crippen LogP contribution in [0.4, 0.5) is 10.5 Å². The molecule has 3 N–H and O–H groups in total. The summed E-state index contributed by atoms with van der Waals surface area (Å²) in [7, 11) is 0. The van der Waals surface area contributed by atoms with E-state index in [1.54, 1.807) is 39.8 Å². The molecule has 1 unspecified atom stereocenters. The van der Waals surface area contributed by atoms with Crippen molar-refractivity contribution in [2.24, 2.45) is 5.92 Å². The molecule has 0 aliphatic heterocycles. The average molecular weight is 363 g/mol. The van der Waals surface area contributed by atoms with Gasteiger partial charge in [-0.15, -0.1) is 0 Å². The van der Waals surface area contributed by atoms with Gasteiger partial charge in [0, 0.05) is 18.2 Å². The van der Waals surface area contributed by atoms with Gasteiger partial charge < -0.3 is 20.7 Å². The molecule has 0 fully saturated rings. The molecular weight excluding hydrogens is 334 g/mol. The number of hydrogen-bond donors (Lipinski definition) is 3. The molecule has 3 amide bonds. The zero-order chi connectivity index (χ0) is 19.9. The zero-order valence-corrected chi connectivity index (χ0v) is 16.3. The van der Waals surface area contributed by atoms with Crippen LogP contribution in [0.15, 0.2) is 24.3 Å². The molecule has 1 atom stereocenters. The van der Waals surface area contributed by atoms with E-state index in [4.69, 9.17) is 4.74 Å². The first-order chi connectivity index (χ1) is 12.0. The average Bonchev–Trinajstić information content (AvgIpc) is 2.51. The Morgan fingerprint density at radius 3 is 2.08 bits per heavy atom. The van der Waals surface area contributed by atoms with E-state index in [0.717, 1.165) is 5.56 Å². The van der Waals surface area contributed by atoms with Gasteiger partial charge in [-0.1, -0.05) is 26.0 Å². The second-order valence-electron chi connectivity index (χ2n) is 7.43. The number of amides is 3. The summed E-state index contributed by atoms with van der Waals surface area (Å²) in [6.45, 7) is 10.8. The highest BCUT2D eigenvalue weighted by atomic mass is 16.6. The van der Waals surface area contributed by atoms with Gasteiger partial charge in [0.05, 0.1) is 0 Å². The maximum Gasteiger partial charge on any atom is 0.408 e. The fourth-order valence-electron chi connectivity index (χ4n) is 1.88. The van der Waals surface area contributed by atoms with Gasteiger partial charge in [-0.2, -0.15) is 0 Å². The van der Waals surface area contributed by atoms with Gasteiger partial charge in [0.2, 0.25) is 11.8 Å². The monoisotopic (exact) mass is 363 g/mol. The molecule has 0 aliphatic carbocycles. The molecule has 1 rings (SSSR count). The molecule has 7 nitrogen and oxygen atoms in total. The number of carbonyl (C=O) groups excluding carboxylic acids is 3. The summed E-state index contributed by atoms with van der Waals surface area (Å²) in [4.78, 5) is 35.4. The second-order valence-corrected chi connectivity index (χ2v) is 7.43. The Kier molecular flexibility index (Phi) is 7.61. The molecule has 0 aromatic heterocycles. The van der Waals surface area contributed by atoms with E-state index in [1.165, 1.54) is 0 Å². The van der Waals surface area contributed by atoms with Crippen molar-refractivity contribution >= 4 is 23.6 Å². The normalized spacial score (nSPS) is 12.3. The lowest BCUT2D eigenvalue weighted by atomic mass is 10.1. The standard InChI is InChI=1S/C19H29N3O4/c1-12(2)16(23)22-15-9-7-14(8-10-15)11-20-17(24)13(3)21-18(25)26-19(4,5)6/h7-10,12-13H,11H2,1-6H3,(H,20,24)(H,21,25)(H,22,23). The largest absolute Gasteiger partial charge is 0.444 e. The summed E-state index contributed by atoms with van der Waals surface area (Å²) in [5.41, 5.74) is 0.969. The molecule has 26 heavy (non-hydrogen) atoms. The van der Waals surface area contributed by atoms with E-state index < -0.39 is 17.7 Å². The number of hydrogen-bond acceptors (Lipinski definition) is 4. The van der Waals surface area contributed by atoms with Gasteiger partial charge in [-0.3, -0.25) is 9.59 Å². The minimum Gasteiger partial charge on any atom is -0.444 e. The molecule has 0 radical (unpaired) electrons. The smallest absolute Gasteiger partial charge is 0.408 e. The molecule has 7 heteroatoms. The minimum absolute atomic E-state index is 0.0481. The van der Waals surface area contributed by atoms with Crippen LogP contribution in [0.3, 0.4) is 0 Å². The second kappa shape index (κ2) is 9.22. The first-order valence-electron chi connectivity index (χ1n) is 8.65. The molecule has 144 valence electrons. The molecule has 1 aromatic carbocycles. The Balaban J connectivity index is 2.46. The third-order valence-corrected chi connectivity index (χ3v) is 3.34. The highest BCUT2D eigenvalue weighted by molar-refractivity contribution is 5.92. The fraction of sp³-hybridized carbons (Fsp3) is 0.526. The third-order valence-electron chi connectivity index (χ3n) is 3.34. The highest BCUT2D eigenvalue weighted by Gasteiger charge is 2.20. The van der Waals surface area contributed by atoms with Crippen molar-refractivity contribution in [3.8, 4) is 0 Å². The quantitative estimate of drug-likeness (QED) is 0.724.